The molecule has 4 heteroatoms. The quantitative estimate of drug-likeness (QED) is 0.638. The average Bonchev–Trinajstić information content (AvgIpc) is 3.05. The molecule has 0 radical (unpaired) electrons. The first-order valence-corrected chi connectivity index (χ1v) is 5.97. The maximum absolute atomic E-state index is 11.3. The zero-order valence-electron chi connectivity index (χ0n) is 10.5. The molecule has 0 saturated heterocycles. The largest absolute Gasteiger partial charge is 0.469 e. The van der Waals surface area contributed by atoms with Crippen LogP contribution >= 0.6 is 0 Å². The Kier molecular flexibility index (Phi) is 4.74. The van der Waals surface area contributed by atoms with Crippen LogP contribution in [0.4, 0.5) is 0 Å². The second kappa shape index (κ2) is 5.64. The lowest BCUT2D eigenvalue weighted by molar-refractivity contribution is -0.145. The zero-order chi connectivity index (χ0) is 12.2. The number of rotatable bonds is 7. The average molecular weight is 229 g/mol. The minimum Gasteiger partial charge on any atom is -0.469 e. The molecule has 2 N–H and O–H groups in total. The Hall–Kier alpha value is -0.610. The second-order valence-electron chi connectivity index (χ2n) is 4.96. The molecule has 1 aliphatic rings. The predicted octanol–water partition coefficient (Wildman–Crippen LogP) is 0.936. The van der Waals surface area contributed by atoms with Gasteiger partial charge in [0.15, 0.2) is 0 Å². The summed E-state index contributed by atoms with van der Waals surface area (Å²) < 4.78 is 4.71. The number of methoxy groups -OCH3 is 1. The summed E-state index contributed by atoms with van der Waals surface area (Å²) in [5.74, 6) is -0.304. The van der Waals surface area contributed by atoms with Crippen molar-refractivity contribution in [2.24, 2.45) is 11.3 Å². The maximum Gasteiger partial charge on any atom is 0.309 e. The highest BCUT2D eigenvalue weighted by atomic mass is 16.5. The third-order valence-corrected chi connectivity index (χ3v) is 3.72. The molecule has 1 aliphatic carbocycles. The van der Waals surface area contributed by atoms with Crippen LogP contribution in [-0.2, 0) is 9.53 Å². The summed E-state index contributed by atoms with van der Waals surface area (Å²) in [7, 11) is 1.42. The molecule has 4 nitrogen and oxygen atoms in total. The lowest BCUT2D eigenvalue weighted by atomic mass is 10.00. The minimum atomic E-state index is -0.174. The second-order valence-corrected chi connectivity index (χ2v) is 4.96. The first kappa shape index (κ1) is 13.5. The van der Waals surface area contributed by atoms with E-state index in [-0.39, 0.29) is 24.5 Å². The topological polar surface area (TPSA) is 58.6 Å². The molecule has 0 amide bonds. The molecule has 2 atom stereocenters. The van der Waals surface area contributed by atoms with Gasteiger partial charge in [0.25, 0.3) is 0 Å². The number of hydrogen-bond acceptors (Lipinski definition) is 4. The highest BCUT2D eigenvalue weighted by molar-refractivity contribution is 5.72. The molecular formula is C12H23NO3. The Morgan fingerprint density at radius 3 is 2.56 bits per heavy atom. The Labute approximate surface area is 97.4 Å². The molecule has 0 bridgehead atoms. The third kappa shape index (κ3) is 3.46. The molecule has 0 aliphatic heterocycles. The highest BCUT2D eigenvalue weighted by Crippen LogP contribution is 2.48. The Balaban J connectivity index is 2.29. The van der Waals surface area contributed by atoms with Crippen molar-refractivity contribution in [2.45, 2.75) is 39.2 Å². The van der Waals surface area contributed by atoms with E-state index in [0.29, 0.717) is 5.41 Å². The van der Waals surface area contributed by atoms with Crippen molar-refractivity contribution < 1.29 is 14.6 Å². The number of nitrogens with one attached hydrogen (secondary N) is 1. The maximum atomic E-state index is 11.3. The van der Waals surface area contributed by atoms with Crippen LogP contribution in [0.5, 0.6) is 0 Å². The summed E-state index contributed by atoms with van der Waals surface area (Å²) in [4.78, 5) is 11.3. The molecule has 0 spiro atoms. The first-order chi connectivity index (χ1) is 7.54. The van der Waals surface area contributed by atoms with E-state index >= 15 is 0 Å². The van der Waals surface area contributed by atoms with Crippen LogP contribution < -0.4 is 5.32 Å². The Morgan fingerprint density at radius 1 is 1.50 bits per heavy atom. The van der Waals surface area contributed by atoms with E-state index in [9.17, 15) is 4.79 Å². The number of esters is 1. The molecule has 2 unspecified atom stereocenters. The van der Waals surface area contributed by atoms with Gasteiger partial charge in [0.05, 0.1) is 13.0 Å². The molecule has 16 heavy (non-hydrogen) atoms. The molecule has 1 fully saturated rings. The van der Waals surface area contributed by atoms with Crippen LogP contribution in [-0.4, -0.2) is 37.4 Å². The first-order valence-electron chi connectivity index (χ1n) is 5.97. The van der Waals surface area contributed by atoms with Gasteiger partial charge in [-0.1, -0.05) is 6.92 Å². The Bertz CT molecular complexity index is 238. The number of aliphatic hydroxyl groups excluding tert-OH is 1. The fourth-order valence-electron chi connectivity index (χ4n) is 1.87. The van der Waals surface area contributed by atoms with Crippen LogP contribution in [0.1, 0.15) is 33.1 Å². The van der Waals surface area contributed by atoms with Crippen LogP contribution in [0, 0.1) is 11.3 Å². The summed E-state index contributed by atoms with van der Waals surface area (Å²) in [5.41, 5.74) is 0.291. The van der Waals surface area contributed by atoms with E-state index < -0.39 is 0 Å². The Morgan fingerprint density at radius 2 is 2.12 bits per heavy atom. The molecule has 0 aromatic rings. The highest BCUT2D eigenvalue weighted by Gasteiger charge is 2.41. The number of hydrogen-bond donors (Lipinski definition) is 2. The molecule has 0 aromatic heterocycles. The van der Waals surface area contributed by atoms with Crippen molar-refractivity contribution in [2.75, 3.05) is 20.3 Å². The molecule has 1 saturated carbocycles. The fraction of sp³-hybridized carbons (Fsp3) is 0.917. The van der Waals surface area contributed by atoms with Gasteiger partial charge in [-0.15, -0.1) is 0 Å². The van der Waals surface area contributed by atoms with E-state index in [4.69, 9.17) is 9.84 Å². The summed E-state index contributed by atoms with van der Waals surface area (Å²) in [5, 5.41) is 12.3. The van der Waals surface area contributed by atoms with Crippen molar-refractivity contribution in [1.82, 2.24) is 5.32 Å². The summed E-state index contributed by atoms with van der Waals surface area (Å²) >= 11 is 0. The third-order valence-electron chi connectivity index (χ3n) is 3.72. The molecule has 94 valence electrons. The molecular weight excluding hydrogens is 206 g/mol. The van der Waals surface area contributed by atoms with Crippen LogP contribution in [0.25, 0.3) is 0 Å². The van der Waals surface area contributed by atoms with Gasteiger partial charge in [0.1, 0.15) is 0 Å². The van der Waals surface area contributed by atoms with Gasteiger partial charge in [0.2, 0.25) is 0 Å². The van der Waals surface area contributed by atoms with Crippen LogP contribution in [0.3, 0.4) is 0 Å². The van der Waals surface area contributed by atoms with Gasteiger partial charge >= 0.3 is 5.97 Å². The smallest absolute Gasteiger partial charge is 0.309 e. The van der Waals surface area contributed by atoms with E-state index in [2.05, 4.69) is 5.32 Å². The van der Waals surface area contributed by atoms with Gasteiger partial charge in [-0.05, 0) is 31.6 Å². The molecule has 1 rings (SSSR count). The van der Waals surface area contributed by atoms with E-state index in [1.807, 2.05) is 13.8 Å². The zero-order valence-corrected chi connectivity index (χ0v) is 10.5. The number of carbonyl (C=O) groups is 1. The van der Waals surface area contributed by atoms with Gasteiger partial charge in [-0.3, -0.25) is 4.79 Å². The van der Waals surface area contributed by atoms with Gasteiger partial charge in [-0.2, -0.15) is 0 Å². The predicted molar refractivity (Wildman–Crippen MR) is 62.0 cm³/mol. The molecule has 0 aromatic carbocycles. The number of carbonyl (C=O) groups excluding carboxylic acids is 1. The normalized spacial score (nSPS) is 21.2. The fourth-order valence-corrected chi connectivity index (χ4v) is 1.87. The van der Waals surface area contributed by atoms with Crippen molar-refractivity contribution in [3.63, 3.8) is 0 Å². The van der Waals surface area contributed by atoms with Gasteiger partial charge in [-0.25, -0.2) is 0 Å². The van der Waals surface area contributed by atoms with E-state index in [1.54, 1.807) is 0 Å². The standard InChI is InChI=1S/C12H23NO3/c1-9(11(15)16-3)10(2)13-8-12(4-5-12)6-7-14/h9-10,13-14H,4-8H2,1-3H3. The SMILES string of the molecule is COC(=O)C(C)C(C)NCC1(CCO)CC1. The summed E-state index contributed by atoms with van der Waals surface area (Å²) in [6.07, 6.45) is 3.22. The number of aliphatic hydroxyl groups is 1. The lowest BCUT2D eigenvalue weighted by Crippen LogP contribution is -2.40. The van der Waals surface area contributed by atoms with Crippen molar-refractivity contribution in [3.05, 3.63) is 0 Å². The van der Waals surface area contributed by atoms with Crippen LogP contribution in [0.15, 0.2) is 0 Å². The van der Waals surface area contributed by atoms with Gasteiger partial charge < -0.3 is 15.2 Å². The lowest BCUT2D eigenvalue weighted by Gasteiger charge is -2.22. The van der Waals surface area contributed by atoms with Gasteiger partial charge in [0, 0.05) is 19.2 Å². The number of ether oxygens (including phenoxy) is 1. The summed E-state index contributed by atoms with van der Waals surface area (Å²) in [6.45, 7) is 5.00. The monoisotopic (exact) mass is 229 g/mol. The van der Waals surface area contributed by atoms with E-state index in [1.165, 1.54) is 20.0 Å². The van der Waals surface area contributed by atoms with E-state index in [0.717, 1.165) is 13.0 Å². The summed E-state index contributed by atoms with van der Waals surface area (Å²) in [6, 6.07) is 0.114. The van der Waals surface area contributed by atoms with Crippen molar-refractivity contribution >= 4 is 5.97 Å². The van der Waals surface area contributed by atoms with Crippen molar-refractivity contribution in [3.8, 4) is 0 Å². The minimum absolute atomic E-state index is 0.114. The van der Waals surface area contributed by atoms with Crippen LogP contribution in [0.2, 0.25) is 0 Å². The molecule has 0 heterocycles. The van der Waals surface area contributed by atoms with Crippen molar-refractivity contribution in [1.29, 1.82) is 0 Å².